The van der Waals surface area contributed by atoms with Crippen molar-refractivity contribution in [2.75, 3.05) is 0 Å². The minimum atomic E-state index is 0.0277. The maximum atomic E-state index is 5.81. The van der Waals surface area contributed by atoms with Crippen LogP contribution in [0.3, 0.4) is 0 Å². The Morgan fingerprint density at radius 2 is 2.29 bits per heavy atom. The fourth-order valence-electron chi connectivity index (χ4n) is 1.52. The van der Waals surface area contributed by atoms with Crippen LogP contribution >= 0.6 is 0 Å². The molecule has 90 valence electrons. The molecule has 5 nitrogen and oxygen atoms in total. The Hall–Kier alpha value is -1.88. The number of nitrogens with two attached hydrogens (primary N) is 1. The van der Waals surface area contributed by atoms with Crippen LogP contribution < -0.4 is 10.5 Å². The molecule has 0 aliphatic heterocycles. The van der Waals surface area contributed by atoms with E-state index in [1.165, 1.54) is 6.39 Å². The second kappa shape index (κ2) is 4.97. The maximum Gasteiger partial charge on any atom is 0.213 e. The summed E-state index contributed by atoms with van der Waals surface area (Å²) in [7, 11) is 0. The van der Waals surface area contributed by atoms with Crippen LogP contribution in [0.15, 0.2) is 29.1 Å². The summed E-state index contributed by atoms with van der Waals surface area (Å²) in [5.74, 6) is 1.33. The predicted molar refractivity (Wildman–Crippen MR) is 62.4 cm³/mol. The molecule has 1 aromatic carbocycles. The fraction of sp³-hybridized carbons (Fsp3) is 0.333. The molecule has 2 aromatic rings. The first kappa shape index (κ1) is 11.6. The normalized spacial score (nSPS) is 12.4. The first-order valence-electron chi connectivity index (χ1n) is 5.41. The van der Waals surface area contributed by atoms with Crippen LogP contribution in [0.1, 0.15) is 29.9 Å². The lowest BCUT2D eigenvalue weighted by Crippen LogP contribution is -2.05. The summed E-state index contributed by atoms with van der Waals surface area (Å²) < 4.78 is 10.2. The van der Waals surface area contributed by atoms with E-state index in [1.54, 1.807) is 0 Å². The van der Waals surface area contributed by atoms with Crippen LogP contribution in [0.2, 0.25) is 0 Å². The van der Waals surface area contributed by atoms with E-state index in [-0.39, 0.29) is 6.04 Å². The molecule has 1 heterocycles. The van der Waals surface area contributed by atoms with Gasteiger partial charge in [-0.3, -0.25) is 0 Å². The molecule has 1 aromatic heterocycles. The molecule has 0 saturated heterocycles. The third-order valence-electron chi connectivity index (χ3n) is 2.49. The maximum absolute atomic E-state index is 5.81. The summed E-state index contributed by atoms with van der Waals surface area (Å²) in [6.45, 7) is 4.24. The molecule has 17 heavy (non-hydrogen) atoms. The quantitative estimate of drug-likeness (QED) is 0.873. The first-order chi connectivity index (χ1) is 8.16. The first-order valence-corrected chi connectivity index (χ1v) is 5.41. The summed E-state index contributed by atoms with van der Waals surface area (Å²) in [5, 5.41) is 3.68. The molecular weight excluding hydrogens is 218 g/mol. The van der Waals surface area contributed by atoms with E-state index in [0.717, 1.165) is 16.9 Å². The molecule has 0 aliphatic carbocycles. The number of ether oxygens (including phenoxy) is 1. The summed E-state index contributed by atoms with van der Waals surface area (Å²) in [4.78, 5) is 3.88. The lowest BCUT2D eigenvalue weighted by atomic mass is 10.1. The lowest BCUT2D eigenvalue weighted by molar-refractivity contribution is 0.284. The molecule has 0 aliphatic rings. The Morgan fingerprint density at radius 3 is 2.88 bits per heavy atom. The second-order valence-corrected chi connectivity index (χ2v) is 3.95. The van der Waals surface area contributed by atoms with Crippen LogP contribution in [-0.2, 0) is 6.61 Å². The zero-order chi connectivity index (χ0) is 12.3. The largest absolute Gasteiger partial charge is 0.485 e. The zero-order valence-electron chi connectivity index (χ0n) is 9.88. The predicted octanol–water partition coefficient (Wildman–Crippen LogP) is 1.98. The molecule has 0 bridgehead atoms. The van der Waals surface area contributed by atoms with Gasteiger partial charge in [-0.15, -0.1) is 0 Å². The van der Waals surface area contributed by atoms with E-state index in [9.17, 15) is 0 Å². The van der Waals surface area contributed by atoms with Crippen molar-refractivity contribution in [2.45, 2.75) is 26.5 Å². The summed E-state index contributed by atoms with van der Waals surface area (Å²) in [6, 6.07) is 5.92. The van der Waals surface area contributed by atoms with Gasteiger partial charge in [-0.2, -0.15) is 4.98 Å². The molecule has 0 fully saturated rings. The highest BCUT2D eigenvalue weighted by atomic mass is 16.5. The van der Waals surface area contributed by atoms with Crippen molar-refractivity contribution >= 4 is 0 Å². The number of hydrogen-bond acceptors (Lipinski definition) is 5. The number of nitrogens with zero attached hydrogens (tertiary/aromatic N) is 2. The molecule has 2 rings (SSSR count). The molecule has 0 radical (unpaired) electrons. The lowest BCUT2D eigenvalue weighted by Gasteiger charge is -2.11. The van der Waals surface area contributed by atoms with E-state index in [1.807, 2.05) is 32.0 Å². The van der Waals surface area contributed by atoms with Gasteiger partial charge in [0.25, 0.3) is 0 Å². The molecule has 1 atom stereocenters. The monoisotopic (exact) mass is 233 g/mol. The summed E-state index contributed by atoms with van der Waals surface area (Å²) in [5.41, 5.74) is 7.95. The Kier molecular flexibility index (Phi) is 3.39. The van der Waals surface area contributed by atoms with Gasteiger partial charge in [0.05, 0.1) is 0 Å². The van der Waals surface area contributed by atoms with E-state index >= 15 is 0 Å². The van der Waals surface area contributed by atoms with Gasteiger partial charge >= 0.3 is 0 Å². The van der Waals surface area contributed by atoms with Crippen LogP contribution in [0, 0.1) is 6.92 Å². The van der Waals surface area contributed by atoms with Gasteiger partial charge in [0.15, 0.2) is 6.61 Å². The smallest absolute Gasteiger partial charge is 0.213 e. The van der Waals surface area contributed by atoms with Crippen LogP contribution in [0.4, 0.5) is 0 Å². The molecule has 0 unspecified atom stereocenters. The Labute approximate surface area is 99.6 Å². The fourth-order valence-corrected chi connectivity index (χ4v) is 1.52. The molecule has 0 spiro atoms. The number of aryl methyl sites for hydroxylation is 1. The SMILES string of the molecule is Cc1cc([C@@H](C)N)ccc1OCc1ncon1. The summed E-state index contributed by atoms with van der Waals surface area (Å²) >= 11 is 0. The van der Waals surface area contributed by atoms with Gasteiger partial charge in [0.1, 0.15) is 5.75 Å². The average molecular weight is 233 g/mol. The zero-order valence-corrected chi connectivity index (χ0v) is 9.88. The van der Waals surface area contributed by atoms with Crippen molar-refractivity contribution in [3.63, 3.8) is 0 Å². The van der Waals surface area contributed by atoms with Crippen LogP contribution in [-0.4, -0.2) is 10.1 Å². The van der Waals surface area contributed by atoms with Crippen molar-refractivity contribution in [1.82, 2.24) is 10.1 Å². The summed E-state index contributed by atoms with van der Waals surface area (Å²) in [6.07, 6.45) is 1.28. The molecule has 5 heteroatoms. The van der Waals surface area contributed by atoms with E-state index < -0.39 is 0 Å². The number of rotatable bonds is 4. The van der Waals surface area contributed by atoms with Crippen molar-refractivity contribution in [3.05, 3.63) is 41.5 Å². The van der Waals surface area contributed by atoms with Crippen molar-refractivity contribution < 1.29 is 9.26 Å². The van der Waals surface area contributed by atoms with Crippen molar-refractivity contribution in [3.8, 4) is 5.75 Å². The van der Waals surface area contributed by atoms with Gasteiger partial charge in [-0.1, -0.05) is 17.3 Å². The standard InChI is InChI=1S/C12H15N3O2/c1-8-5-10(9(2)13)3-4-11(8)16-6-12-14-7-17-15-12/h3-5,7,9H,6,13H2,1-2H3/t9-/m1/s1. The molecule has 0 saturated carbocycles. The Bertz CT molecular complexity index is 481. The molecule has 0 amide bonds. The third-order valence-corrected chi connectivity index (χ3v) is 2.49. The van der Waals surface area contributed by atoms with E-state index in [0.29, 0.717) is 12.4 Å². The minimum absolute atomic E-state index is 0.0277. The van der Waals surface area contributed by atoms with E-state index in [2.05, 4.69) is 14.7 Å². The highest BCUT2D eigenvalue weighted by Crippen LogP contribution is 2.22. The van der Waals surface area contributed by atoms with Crippen molar-refractivity contribution in [2.24, 2.45) is 5.73 Å². The minimum Gasteiger partial charge on any atom is -0.485 e. The topological polar surface area (TPSA) is 74.2 Å². The Morgan fingerprint density at radius 1 is 1.47 bits per heavy atom. The van der Waals surface area contributed by atoms with E-state index in [4.69, 9.17) is 10.5 Å². The molecule has 2 N–H and O–H groups in total. The average Bonchev–Trinajstić information content (AvgIpc) is 2.80. The highest BCUT2D eigenvalue weighted by Gasteiger charge is 2.06. The highest BCUT2D eigenvalue weighted by molar-refractivity contribution is 5.37. The van der Waals surface area contributed by atoms with Gasteiger partial charge in [-0.25, -0.2) is 0 Å². The van der Waals surface area contributed by atoms with Gasteiger partial charge < -0.3 is 15.0 Å². The Balaban J connectivity index is 2.06. The third kappa shape index (κ3) is 2.82. The van der Waals surface area contributed by atoms with Crippen molar-refractivity contribution in [1.29, 1.82) is 0 Å². The number of hydrogen-bond donors (Lipinski definition) is 1. The number of aromatic nitrogens is 2. The van der Waals surface area contributed by atoms with Crippen LogP contribution in [0.25, 0.3) is 0 Å². The second-order valence-electron chi connectivity index (χ2n) is 3.95. The molecular formula is C12H15N3O2. The van der Waals surface area contributed by atoms with Gasteiger partial charge in [0, 0.05) is 6.04 Å². The number of benzene rings is 1. The van der Waals surface area contributed by atoms with Gasteiger partial charge in [-0.05, 0) is 31.0 Å². The van der Waals surface area contributed by atoms with Gasteiger partial charge in [0.2, 0.25) is 12.2 Å². The van der Waals surface area contributed by atoms with Crippen LogP contribution in [0.5, 0.6) is 5.75 Å².